The SMILES string of the molecule is COc1ccc(C#N)cc1/C=C/C(=O)NCCCN1CC(Oc2ccc(Cl)c(Cl)c2)C1. The molecule has 0 aliphatic carbocycles. The van der Waals surface area contributed by atoms with Crippen molar-refractivity contribution >= 4 is 35.2 Å². The predicted molar refractivity (Wildman–Crippen MR) is 122 cm³/mol. The van der Waals surface area contributed by atoms with E-state index >= 15 is 0 Å². The second-order valence-electron chi connectivity index (χ2n) is 7.12. The summed E-state index contributed by atoms with van der Waals surface area (Å²) in [7, 11) is 1.55. The lowest BCUT2D eigenvalue weighted by Crippen LogP contribution is -2.54. The molecule has 31 heavy (non-hydrogen) atoms. The second-order valence-corrected chi connectivity index (χ2v) is 7.94. The van der Waals surface area contributed by atoms with Gasteiger partial charge in [0, 0.05) is 43.9 Å². The van der Waals surface area contributed by atoms with Gasteiger partial charge in [0.05, 0.1) is 28.8 Å². The summed E-state index contributed by atoms with van der Waals surface area (Å²) >= 11 is 11.9. The zero-order valence-corrected chi connectivity index (χ0v) is 18.6. The first-order chi connectivity index (χ1) is 15.0. The normalized spacial score (nSPS) is 14.1. The summed E-state index contributed by atoms with van der Waals surface area (Å²) in [5.74, 6) is 1.14. The van der Waals surface area contributed by atoms with Crippen LogP contribution in [-0.2, 0) is 4.79 Å². The number of nitrogens with zero attached hydrogens (tertiary/aromatic N) is 2. The van der Waals surface area contributed by atoms with E-state index in [4.69, 9.17) is 37.9 Å². The number of nitrogens with one attached hydrogen (secondary N) is 1. The molecule has 162 valence electrons. The molecule has 2 aromatic carbocycles. The number of benzene rings is 2. The van der Waals surface area contributed by atoms with Crippen LogP contribution >= 0.6 is 23.2 Å². The number of carbonyl (C=O) groups excluding carboxylic acids is 1. The van der Waals surface area contributed by atoms with Crippen molar-refractivity contribution in [1.82, 2.24) is 10.2 Å². The van der Waals surface area contributed by atoms with Gasteiger partial charge in [-0.2, -0.15) is 5.26 Å². The number of ether oxygens (including phenoxy) is 2. The van der Waals surface area contributed by atoms with Gasteiger partial charge < -0.3 is 14.8 Å². The van der Waals surface area contributed by atoms with Crippen molar-refractivity contribution in [3.63, 3.8) is 0 Å². The highest BCUT2D eigenvalue weighted by Crippen LogP contribution is 2.28. The van der Waals surface area contributed by atoms with Crippen molar-refractivity contribution in [3.05, 3.63) is 63.6 Å². The van der Waals surface area contributed by atoms with Crippen LogP contribution in [0, 0.1) is 11.3 Å². The summed E-state index contributed by atoms with van der Waals surface area (Å²) in [6.45, 7) is 3.13. The fourth-order valence-electron chi connectivity index (χ4n) is 3.20. The summed E-state index contributed by atoms with van der Waals surface area (Å²) in [5, 5.41) is 12.9. The van der Waals surface area contributed by atoms with Gasteiger partial charge in [-0.1, -0.05) is 23.2 Å². The lowest BCUT2D eigenvalue weighted by molar-refractivity contribution is -0.116. The van der Waals surface area contributed by atoms with E-state index in [1.54, 1.807) is 43.5 Å². The van der Waals surface area contributed by atoms with Crippen LogP contribution in [0.3, 0.4) is 0 Å². The average molecular weight is 460 g/mol. The molecular weight excluding hydrogens is 437 g/mol. The van der Waals surface area contributed by atoms with Crippen LogP contribution in [0.15, 0.2) is 42.5 Å². The van der Waals surface area contributed by atoms with Crippen molar-refractivity contribution in [1.29, 1.82) is 5.26 Å². The van der Waals surface area contributed by atoms with E-state index < -0.39 is 0 Å². The first-order valence-corrected chi connectivity index (χ1v) is 10.6. The molecule has 0 bridgehead atoms. The molecule has 1 saturated heterocycles. The van der Waals surface area contributed by atoms with Gasteiger partial charge in [0.25, 0.3) is 0 Å². The molecule has 1 N–H and O–H groups in total. The molecule has 1 amide bonds. The predicted octanol–water partition coefficient (Wildman–Crippen LogP) is 4.16. The van der Waals surface area contributed by atoms with Gasteiger partial charge in [0.1, 0.15) is 17.6 Å². The van der Waals surface area contributed by atoms with Crippen LogP contribution in [0.5, 0.6) is 11.5 Å². The van der Waals surface area contributed by atoms with Crippen molar-refractivity contribution in [2.24, 2.45) is 0 Å². The van der Waals surface area contributed by atoms with Crippen molar-refractivity contribution in [2.75, 3.05) is 33.3 Å². The molecule has 0 saturated carbocycles. The van der Waals surface area contributed by atoms with Crippen LogP contribution in [0.1, 0.15) is 17.5 Å². The molecule has 0 aromatic heterocycles. The Morgan fingerprint density at radius 2 is 2.06 bits per heavy atom. The Bertz CT molecular complexity index is 998. The van der Waals surface area contributed by atoms with Crippen LogP contribution in [0.4, 0.5) is 0 Å². The van der Waals surface area contributed by atoms with Gasteiger partial charge in [-0.15, -0.1) is 0 Å². The van der Waals surface area contributed by atoms with Gasteiger partial charge in [0.15, 0.2) is 0 Å². The highest BCUT2D eigenvalue weighted by atomic mass is 35.5. The van der Waals surface area contributed by atoms with Crippen LogP contribution in [0.25, 0.3) is 6.08 Å². The Hall–Kier alpha value is -2.72. The van der Waals surface area contributed by atoms with Gasteiger partial charge in [-0.3, -0.25) is 9.69 Å². The smallest absolute Gasteiger partial charge is 0.244 e. The molecule has 0 spiro atoms. The summed E-state index contributed by atoms with van der Waals surface area (Å²) in [6.07, 6.45) is 4.07. The summed E-state index contributed by atoms with van der Waals surface area (Å²) in [5.41, 5.74) is 1.20. The second kappa shape index (κ2) is 11.1. The van der Waals surface area contributed by atoms with Gasteiger partial charge in [-0.25, -0.2) is 0 Å². The highest BCUT2D eigenvalue weighted by molar-refractivity contribution is 6.42. The minimum atomic E-state index is -0.186. The Kier molecular flexibility index (Phi) is 8.19. The third-order valence-corrected chi connectivity index (χ3v) is 5.58. The molecule has 6 nitrogen and oxygen atoms in total. The maximum atomic E-state index is 12.0. The maximum absolute atomic E-state index is 12.0. The van der Waals surface area contributed by atoms with Crippen molar-refractivity contribution in [3.8, 4) is 17.6 Å². The maximum Gasteiger partial charge on any atom is 0.244 e. The van der Waals surface area contributed by atoms with E-state index in [2.05, 4.69) is 16.3 Å². The Morgan fingerprint density at radius 3 is 2.77 bits per heavy atom. The van der Waals surface area contributed by atoms with Crippen molar-refractivity contribution < 1.29 is 14.3 Å². The van der Waals surface area contributed by atoms with E-state index in [-0.39, 0.29) is 12.0 Å². The van der Waals surface area contributed by atoms with Crippen LogP contribution < -0.4 is 14.8 Å². The first kappa shape index (κ1) is 23.0. The third kappa shape index (κ3) is 6.63. The molecule has 1 heterocycles. The molecule has 0 unspecified atom stereocenters. The largest absolute Gasteiger partial charge is 0.496 e. The Morgan fingerprint density at radius 1 is 1.26 bits per heavy atom. The molecule has 1 aliphatic rings. The molecule has 8 heteroatoms. The standard InChI is InChI=1S/C23H23Cl2N3O3/c1-30-22-7-3-16(13-26)11-17(22)4-8-23(29)27-9-2-10-28-14-19(15-28)31-18-5-6-20(24)21(25)12-18/h3-8,11-12,19H,2,9-10,14-15H2,1H3,(H,27,29)/b8-4+. The molecule has 3 rings (SSSR count). The fourth-order valence-corrected chi connectivity index (χ4v) is 3.48. The van der Waals surface area contributed by atoms with Crippen LogP contribution in [0.2, 0.25) is 10.0 Å². The number of amides is 1. The van der Waals surface area contributed by atoms with E-state index in [0.29, 0.717) is 33.5 Å². The van der Waals surface area contributed by atoms with E-state index in [1.807, 2.05) is 6.07 Å². The lowest BCUT2D eigenvalue weighted by Gasteiger charge is -2.39. The molecule has 1 fully saturated rings. The molecule has 2 aromatic rings. The topological polar surface area (TPSA) is 74.6 Å². The first-order valence-electron chi connectivity index (χ1n) is 9.86. The summed E-state index contributed by atoms with van der Waals surface area (Å²) in [4.78, 5) is 14.3. The molecule has 1 aliphatic heterocycles. The number of hydrogen-bond acceptors (Lipinski definition) is 5. The van der Waals surface area contributed by atoms with E-state index in [1.165, 1.54) is 6.08 Å². The number of rotatable bonds is 9. The third-order valence-electron chi connectivity index (χ3n) is 4.84. The molecule has 0 radical (unpaired) electrons. The number of likely N-dealkylation sites (tertiary alicyclic amines) is 1. The quantitative estimate of drug-likeness (QED) is 0.450. The highest BCUT2D eigenvalue weighted by Gasteiger charge is 2.27. The van der Waals surface area contributed by atoms with E-state index in [9.17, 15) is 4.79 Å². The number of methoxy groups -OCH3 is 1. The average Bonchev–Trinajstić information content (AvgIpc) is 2.75. The van der Waals surface area contributed by atoms with Gasteiger partial charge >= 0.3 is 0 Å². The Labute approximate surface area is 192 Å². The number of nitriles is 1. The van der Waals surface area contributed by atoms with Crippen LogP contribution in [-0.4, -0.2) is 50.2 Å². The zero-order chi connectivity index (χ0) is 22.2. The number of halogens is 2. The summed E-state index contributed by atoms with van der Waals surface area (Å²) in [6, 6.07) is 12.4. The monoisotopic (exact) mass is 459 g/mol. The number of hydrogen-bond donors (Lipinski definition) is 1. The zero-order valence-electron chi connectivity index (χ0n) is 17.1. The lowest BCUT2D eigenvalue weighted by atomic mass is 10.1. The fraction of sp³-hybridized carbons (Fsp3) is 0.304. The van der Waals surface area contributed by atoms with Gasteiger partial charge in [0.2, 0.25) is 5.91 Å². The minimum absolute atomic E-state index is 0.133. The molecule has 0 atom stereocenters. The van der Waals surface area contributed by atoms with Crippen molar-refractivity contribution in [2.45, 2.75) is 12.5 Å². The molecular formula is C23H23Cl2N3O3. The van der Waals surface area contributed by atoms with Gasteiger partial charge in [-0.05, 0) is 42.8 Å². The number of carbonyl (C=O) groups is 1. The van der Waals surface area contributed by atoms with E-state index in [0.717, 1.165) is 31.8 Å². The summed E-state index contributed by atoms with van der Waals surface area (Å²) < 4.78 is 11.1. The minimum Gasteiger partial charge on any atom is -0.496 e. The Balaban J connectivity index is 1.33.